The third kappa shape index (κ3) is 4.01. The highest BCUT2D eigenvalue weighted by Crippen LogP contribution is 2.31. The van der Waals surface area contributed by atoms with Crippen LogP contribution in [-0.2, 0) is 18.9 Å². The Labute approximate surface area is 98.2 Å². The third-order valence-electron chi connectivity index (χ3n) is 3.12. The van der Waals surface area contributed by atoms with E-state index in [0.29, 0.717) is 19.8 Å². The average Bonchev–Trinajstić information content (AvgIpc) is 2.26. The molecule has 0 amide bonds. The molecule has 0 aromatic heterocycles. The van der Waals surface area contributed by atoms with Crippen molar-refractivity contribution in [2.45, 2.75) is 26.4 Å². The maximum atomic E-state index is 5.70. The molecule has 0 bridgehead atoms. The summed E-state index contributed by atoms with van der Waals surface area (Å²) in [5, 5.41) is 0. The van der Waals surface area contributed by atoms with Crippen LogP contribution in [0.2, 0.25) is 0 Å². The van der Waals surface area contributed by atoms with Gasteiger partial charge in [-0.05, 0) is 13.3 Å². The second kappa shape index (κ2) is 7.22. The van der Waals surface area contributed by atoms with E-state index in [4.69, 9.17) is 18.9 Å². The number of hydrogen-bond acceptors (Lipinski definition) is 4. The minimum atomic E-state index is 0.0369. The van der Waals surface area contributed by atoms with Crippen molar-refractivity contribution in [3.05, 3.63) is 0 Å². The van der Waals surface area contributed by atoms with Crippen molar-refractivity contribution in [2.24, 2.45) is 5.41 Å². The summed E-state index contributed by atoms with van der Waals surface area (Å²) in [6.07, 6.45) is 1.14. The minimum Gasteiger partial charge on any atom is -0.380 e. The van der Waals surface area contributed by atoms with Crippen LogP contribution < -0.4 is 0 Å². The second-order valence-electron chi connectivity index (χ2n) is 4.38. The molecule has 0 spiro atoms. The van der Waals surface area contributed by atoms with E-state index in [-0.39, 0.29) is 11.5 Å². The normalized spacial score (nSPS) is 20.4. The Bertz CT molecular complexity index is 174. The van der Waals surface area contributed by atoms with Crippen LogP contribution in [0.4, 0.5) is 0 Å². The fraction of sp³-hybridized carbons (Fsp3) is 1.00. The van der Waals surface area contributed by atoms with Gasteiger partial charge in [-0.1, -0.05) is 6.92 Å². The summed E-state index contributed by atoms with van der Waals surface area (Å²) in [5.41, 5.74) is 0.254. The highest BCUT2D eigenvalue weighted by Gasteiger charge is 2.37. The van der Waals surface area contributed by atoms with Crippen molar-refractivity contribution in [1.29, 1.82) is 0 Å². The van der Waals surface area contributed by atoms with Gasteiger partial charge in [0.25, 0.3) is 0 Å². The standard InChI is InChI=1S/C12H24O4/c1-4-12(9-16-10-12)8-15-7-11(13-3)6-14-5-2/h11H,4-10H2,1-3H3. The average molecular weight is 232 g/mol. The Hall–Kier alpha value is -0.160. The first-order chi connectivity index (χ1) is 7.76. The van der Waals surface area contributed by atoms with Crippen LogP contribution >= 0.6 is 0 Å². The van der Waals surface area contributed by atoms with Gasteiger partial charge < -0.3 is 18.9 Å². The molecule has 0 aliphatic carbocycles. The molecule has 1 fully saturated rings. The topological polar surface area (TPSA) is 36.9 Å². The van der Waals surface area contributed by atoms with Crippen LogP contribution in [-0.4, -0.2) is 52.9 Å². The molecule has 96 valence electrons. The van der Waals surface area contributed by atoms with Gasteiger partial charge in [-0.25, -0.2) is 0 Å². The number of ether oxygens (including phenoxy) is 4. The molecule has 0 radical (unpaired) electrons. The van der Waals surface area contributed by atoms with E-state index in [1.807, 2.05) is 6.92 Å². The number of rotatable bonds is 9. The predicted octanol–water partition coefficient (Wildman–Crippen LogP) is 1.48. The van der Waals surface area contributed by atoms with Crippen molar-refractivity contribution in [3.8, 4) is 0 Å². The summed E-state index contributed by atoms with van der Waals surface area (Å²) >= 11 is 0. The highest BCUT2D eigenvalue weighted by atomic mass is 16.6. The molecular formula is C12H24O4. The van der Waals surface area contributed by atoms with Crippen LogP contribution in [0.25, 0.3) is 0 Å². The van der Waals surface area contributed by atoms with E-state index in [0.717, 1.165) is 26.2 Å². The quantitative estimate of drug-likeness (QED) is 0.603. The maximum Gasteiger partial charge on any atom is 0.104 e. The lowest BCUT2D eigenvalue weighted by Crippen LogP contribution is -2.46. The van der Waals surface area contributed by atoms with Crippen LogP contribution in [0.1, 0.15) is 20.3 Å². The SMILES string of the molecule is CCOCC(COCC1(CC)COC1)OC. The number of hydrogen-bond donors (Lipinski definition) is 0. The van der Waals surface area contributed by atoms with Gasteiger partial charge in [0, 0.05) is 19.1 Å². The molecule has 4 nitrogen and oxygen atoms in total. The monoisotopic (exact) mass is 232 g/mol. The van der Waals surface area contributed by atoms with Gasteiger partial charge in [0.1, 0.15) is 6.10 Å². The van der Waals surface area contributed by atoms with Gasteiger partial charge in [-0.15, -0.1) is 0 Å². The Balaban J connectivity index is 2.12. The highest BCUT2D eigenvalue weighted by molar-refractivity contribution is 4.84. The fourth-order valence-corrected chi connectivity index (χ4v) is 1.62. The first-order valence-corrected chi connectivity index (χ1v) is 6.02. The van der Waals surface area contributed by atoms with Crippen molar-refractivity contribution in [1.82, 2.24) is 0 Å². The minimum absolute atomic E-state index is 0.0369. The Morgan fingerprint density at radius 3 is 2.31 bits per heavy atom. The summed E-state index contributed by atoms with van der Waals surface area (Å²) in [7, 11) is 1.69. The predicted molar refractivity (Wildman–Crippen MR) is 61.7 cm³/mol. The van der Waals surface area contributed by atoms with Crippen LogP contribution in [0.15, 0.2) is 0 Å². The summed E-state index contributed by atoms with van der Waals surface area (Å²) < 4.78 is 21.5. The van der Waals surface area contributed by atoms with Gasteiger partial charge in [-0.2, -0.15) is 0 Å². The fourth-order valence-electron chi connectivity index (χ4n) is 1.62. The van der Waals surface area contributed by atoms with Crippen molar-refractivity contribution in [3.63, 3.8) is 0 Å². The van der Waals surface area contributed by atoms with Crippen LogP contribution in [0.3, 0.4) is 0 Å². The van der Waals surface area contributed by atoms with Gasteiger partial charge in [-0.3, -0.25) is 0 Å². The van der Waals surface area contributed by atoms with Crippen LogP contribution in [0.5, 0.6) is 0 Å². The number of methoxy groups -OCH3 is 1. The van der Waals surface area contributed by atoms with E-state index in [2.05, 4.69) is 6.92 Å². The summed E-state index contributed by atoms with van der Waals surface area (Å²) in [5.74, 6) is 0. The Kier molecular flexibility index (Phi) is 6.28. The zero-order chi connectivity index (χ0) is 11.9. The molecule has 1 atom stereocenters. The largest absolute Gasteiger partial charge is 0.380 e. The van der Waals surface area contributed by atoms with Gasteiger partial charge in [0.05, 0.1) is 33.0 Å². The zero-order valence-electron chi connectivity index (χ0n) is 10.7. The van der Waals surface area contributed by atoms with Crippen molar-refractivity contribution < 1.29 is 18.9 Å². The first-order valence-electron chi connectivity index (χ1n) is 6.02. The molecule has 1 aliphatic rings. The first kappa shape index (κ1) is 13.9. The smallest absolute Gasteiger partial charge is 0.104 e. The zero-order valence-corrected chi connectivity index (χ0v) is 10.7. The Morgan fingerprint density at radius 2 is 1.88 bits per heavy atom. The third-order valence-corrected chi connectivity index (χ3v) is 3.12. The molecule has 0 N–H and O–H groups in total. The molecule has 0 saturated carbocycles. The van der Waals surface area contributed by atoms with Gasteiger partial charge >= 0.3 is 0 Å². The van der Waals surface area contributed by atoms with Crippen LogP contribution in [0, 0.1) is 5.41 Å². The molecule has 16 heavy (non-hydrogen) atoms. The van der Waals surface area contributed by atoms with Gasteiger partial charge in [0.2, 0.25) is 0 Å². The molecule has 1 aliphatic heterocycles. The van der Waals surface area contributed by atoms with E-state index >= 15 is 0 Å². The molecule has 1 unspecified atom stereocenters. The summed E-state index contributed by atoms with van der Waals surface area (Å²) in [6, 6.07) is 0. The van der Waals surface area contributed by atoms with Gasteiger partial charge in [0.15, 0.2) is 0 Å². The lowest BCUT2D eigenvalue weighted by Gasteiger charge is -2.40. The lowest BCUT2D eigenvalue weighted by atomic mass is 9.84. The molecule has 4 heteroatoms. The van der Waals surface area contributed by atoms with Crippen molar-refractivity contribution in [2.75, 3.05) is 46.8 Å². The molecule has 1 heterocycles. The summed E-state index contributed by atoms with van der Waals surface area (Å²) in [6.45, 7) is 8.48. The van der Waals surface area contributed by atoms with E-state index in [1.54, 1.807) is 7.11 Å². The summed E-state index contributed by atoms with van der Waals surface area (Å²) in [4.78, 5) is 0. The van der Waals surface area contributed by atoms with E-state index in [1.165, 1.54) is 0 Å². The Morgan fingerprint density at radius 1 is 1.19 bits per heavy atom. The second-order valence-corrected chi connectivity index (χ2v) is 4.38. The molecule has 0 aromatic carbocycles. The molecular weight excluding hydrogens is 208 g/mol. The lowest BCUT2D eigenvalue weighted by molar-refractivity contribution is -0.158. The van der Waals surface area contributed by atoms with Crippen molar-refractivity contribution >= 4 is 0 Å². The van der Waals surface area contributed by atoms with E-state index in [9.17, 15) is 0 Å². The molecule has 0 aromatic rings. The molecule has 1 rings (SSSR count). The maximum absolute atomic E-state index is 5.70. The molecule has 1 saturated heterocycles. The van der Waals surface area contributed by atoms with E-state index < -0.39 is 0 Å².